The highest BCUT2D eigenvalue weighted by molar-refractivity contribution is 5.58. The molecule has 0 atom stereocenters. The van der Waals surface area contributed by atoms with Gasteiger partial charge in [0, 0.05) is 13.0 Å². The van der Waals surface area contributed by atoms with E-state index < -0.39 is 0 Å². The molecule has 0 fully saturated rings. The summed E-state index contributed by atoms with van der Waals surface area (Å²) in [6, 6.07) is 6.21. The van der Waals surface area contributed by atoms with Crippen molar-refractivity contribution in [1.29, 1.82) is 0 Å². The molecule has 0 radical (unpaired) electrons. The lowest BCUT2D eigenvalue weighted by Gasteiger charge is -2.13. The van der Waals surface area contributed by atoms with Crippen LogP contribution >= 0.6 is 0 Å². The quantitative estimate of drug-likeness (QED) is 0.806. The molecular weight excluding hydrogens is 262 g/mol. The highest BCUT2D eigenvalue weighted by Gasteiger charge is 2.11. The van der Waals surface area contributed by atoms with Crippen molar-refractivity contribution in [3.8, 4) is 11.5 Å². The summed E-state index contributed by atoms with van der Waals surface area (Å²) in [6.07, 6.45) is 4.37. The molecule has 1 heterocycles. The van der Waals surface area contributed by atoms with Gasteiger partial charge in [-0.05, 0) is 36.6 Å². The first-order valence-corrected chi connectivity index (χ1v) is 8.01. The molecule has 0 saturated carbocycles. The average Bonchev–Trinajstić information content (AvgIpc) is 2.71. The van der Waals surface area contributed by atoms with E-state index in [1.165, 1.54) is 11.1 Å². The van der Waals surface area contributed by atoms with E-state index in [9.17, 15) is 0 Å². The molecule has 0 spiro atoms. The van der Waals surface area contributed by atoms with E-state index in [4.69, 9.17) is 9.47 Å². The van der Waals surface area contributed by atoms with Gasteiger partial charge in [-0.25, -0.2) is 0 Å². The third-order valence-corrected chi connectivity index (χ3v) is 3.62. The van der Waals surface area contributed by atoms with Gasteiger partial charge in [-0.15, -0.1) is 0 Å². The van der Waals surface area contributed by atoms with Gasteiger partial charge in [-0.2, -0.15) is 0 Å². The molecule has 1 N–H and O–H groups in total. The van der Waals surface area contributed by atoms with Crippen molar-refractivity contribution in [2.24, 2.45) is 5.92 Å². The van der Waals surface area contributed by atoms with Crippen LogP contribution in [0.25, 0.3) is 6.08 Å². The van der Waals surface area contributed by atoms with E-state index in [0.717, 1.165) is 50.6 Å². The molecule has 1 aromatic rings. The van der Waals surface area contributed by atoms with Crippen molar-refractivity contribution < 1.29 is 9.47 Å². The molecule has 0 unspecified atom stereocenters. The lowest BCUT2D eigenvalue weighted by molar-refractivity contribution is 0.297. The standard InChI is InChI=1S/C18H27NO2/c1-4-8-19-13-16(14(2)3)11-15-6-7-17-18(12-15)21-10-5-9-20-17/h6-7,11-12,14,19H,4-5,8-10,13H2,1-3H3. The van der Waals surface area contributed by atoms with Crippen molar-refractivity contribution in [3.63, 3.8) is 0 Å². The molecule has 3 nitrogen and oxygen atoms in total. The van der Waals surface area contributed by atoms with E-state index >= 15 is 0 Å². The second-order valence-corrected chi connectivity index (χ2v) is 5.81. The maximum Gasteiger partial charge on any atom is 0.161 e. The van der Waals surface area contributed by atoms with Crippen LogP contribution in [0.1, 0.15) is 39.2 Å². The zero-order valence-electron chi connectivity index (χ0n) is 13.4. The summed E-state index contributed by atoms with van der Waals surface area (Å²) >= 11 is 0. The molecule has 0 saturated heterocycles. The molecule has 1 aliphatic heterocycles. The fourth-order valence-corrected chi connectivity index (χ4v) is 2.32. The number of rotatable bonds is 6. The summed E-state index contributed by atoms with van der Waals surface area (Å²) in [7, 11) is 0. The van der Waals surface area contributed by atoms with Crippen molar-refractivity contribution in [1.82, 2.24) is 5.32 Å². The van der Waals surface area contributed by atoms with Gasteiger partial charge in [-0.1, -0.05) is 38.5 Å². The molecule has 0 amide bonds. The number of hydrogen-bond acceptors (Lipinski definition) is 3. The first-order valence-electron chi connectivity index (χ1n) is 8.01. The lowest BCUT2D eigenvalue weighted by atomic mass is 10.00. The van der Waals surface area contributed by atoms with Gasteiger partial charge in [0.25, 0.3) is 0 Å². The highest BCUT2D eigenvalue weighted by Crippen LogP contribution is 2.31. The second-order valence-electron chi connectivity index (χ2n) is 5.81. The Morgan fingerprint density at radius 2 is 2.00 bits per heavy atom. The van der Waals surface area contributed by atoms with Crippen LogP contribution < -0.4 is 14.8 Å². The number of benzene rings is 1. The van der Waals surface area contributed by atoms with Crippen LogP contribution in [0.3, 0.4) is 0 Å². The van der Waals surface area contributed by atoms with Crippen LogP contribution in [0.2, 0.25) is 0 Å². The monoisotopic (exact) mass is 289 g/mol. The van der Waals surface area contributed by atoms with Gasteiger partial charge in [0.2, 0.25) is 0 Å². The maximum absolute atomic E-state index is 5.76. The minimum Gasteiger partial charge on any atom is -0.490 e. The molecule has 0 aromatic heterocycles. The average molecular weight is 289 g/mol. The van der Waals surface area contributed by atoms with Crippen molar-refractivity contribution in [3.05, 3.63) is 29.3 Å². The topological polar surface area (TPSA) is 30.5 Å². The molecule has 116 valence electrons. The SMILES string of the molecule is CCCNCC(=Cc1ccc2c(c1)OCCCO2)C(C)C. The Bertz CT molecular complexity index is 480. The summed E-state index contributed by atoms with van der Waals surface area (Å²) in [4.78, 5) is 0. The molecule has 0 aliphatic carbocycles. The number of ether oxygens (including phenoxy) is 2. The van der Waals surface area contributed by atoms with Crippen molar-refractivity contribution in [2.45, 2.75) is 33.6 Å². The van der Waals surface area contributed by atoms with Crippen LogP contribution in [0, 0.1) is 5.92 Å². The molecule has 21 heavy (non-hydrogen) atoms. The summed E-state index contributed by atoms with van der Waals surface area (Å²) < 4.78 is 11.4. The van der Waals surface area contributed by atoms with E-state index in [-0.39, 0.29) is 0 Å². The zero-order chi connectivity index (χ0) is 15.1. The minimum atomic E-state index is 0.533. The predicted octanol–water partition coefficient (Wildman–Crippen LogP) is 3.89. The molecule has 1 aromatic carbocycles. The summed E-state index contributed by atoms with van der Waals surface area (Å²) in [5, 5.41) is 3.48. The van der Waals surface area contributed by atoms with Gasteiger partial charge in [-0.3, -0.25) is 0 Å². The Morgan fingerprint density at radius 3 is 2.71 bits per heavy atom. The Balaban J connectivity index is 2.15. The molecule has 0 bridgehead atoms. The van der Waals surface area contributed by atoms with Crippen LogP contribution in [0.5, 0.6) is 11.5 Å². The Kier molecular flexibility index (Phi) is 6.12. The van der Waals surface area contributed by atoms with Gasteiger partial charge < -0.3 is 14.8 Å². The molecule has 3 heteroatoms. The second kappa shape index (κ2) is 8.08. The van der Waals surface area contributed by atoms with Crippen molar-refractivity contribution >= 4 is 6.08 Å². The Hall–Kier alpha value is -1.48. The van der Waals surface area contributed by atoms with Gasteiger partial charge >= 0.3 is 0 Å². The van der Waals surface area contributed by atoms with E-state index in [1.807, 2.05) is 6.07 Å². The zero-order valence-corrected chi connectivity index (χ0v) is 13.4. The Morgan fingerprint density at radius 1 is 1.24 bits per heavy atom. The van der Waals surface area contributed by atoms with Gasteiger partial charge in [0.15, 0.2) is 11.5 Å². The fourth-order valence-electron chi connectivity index (χ4n) is 2.32. The van der Waals surface area contributed by atoms with E-state index in [0.29, 0.717) is 5.92 Å². The van der Waals surface area contributed by atoms with Crippen molar-refractivity contribution in [2.75, 3.05) is 26.3 Å². The summed E-state index contributed by atoms with van der Waals surface area (Å²) in [6.45, 7) is 10.1. The smallest absolute Gasteiger partial charge is 0.161 e. The van der Waals surface area contributed by atoms with Crippen LogP contribution in [-0.4, -0.2) is 26.3 Å². The third-order valence-electron chi connectivity index (χ3n) is 3.62. The lowest BCUT2D eigenvalue weighted by Crippen LogP contribution is -2.19. The van der Waals surface area contributed by atoms with Crippen LogP contribution in [0.15, 0.2) is 23.8 Å². The first kappa shape index (κ1) is 15.9. The largest absolute Gasteiger partial charge is 0.490 e. The van der Waals surface area contributed by atoms with Crippen LogP contribution in [-0.2, 0) is 0 Å². The maximum atomic E-state index is 5.76. The van der Waals surface area contributed by atoms with E-state index in [1.54, 1.807) is 0 Å². The van der Waals surface area contributed by atoms with E-state index in [2.05, 4.69) is 44.3 Å². The van der Waals surface area contributed by atoms with Crippen LogP contribution in [0.4, 0.5) is 0 Å². The number of nitrogens with one attached hydrogen (secondary N) is 1. The molecule has 2 rings (SSSR count). The third kappa shape index (κ3) is 4.78. The molecule has 1 aliphatic rings. The summed E-state index contributed by atoms with van der Waals surface area (Å²) in [5.74, 6) is 2.26. The minimum absolute atomic E-state index is 0.533. The highest BCUT2D eigenvalue weighted by atomic mass is 16.5. The summed E-state index contributed by atoms with van der Waals surface area (Å²) in [5.41, 5.74) is 2.60. The molecular formula is C18H27NO2. The van der Waals surface area contributed by atoms with Gasteiger partial charge in [0.05, 0.1) is 13.2 Å². The fraction of sp³-hybridized carbons (Fsp3) is 0.556. The number of hydrogen-bond donors (Lipinski definition) is 1. The Labute approximate surface area is 128 Å². The first-order chi connectivity index (χ1) is 10.2. The predicted molar refractivity (Wildman–Crippen MR) is 88.0 cm³/mol. The van der Waals surface area contributed by atoms with Gasteiger partial charge in [0.1, 0.15) is 0 Å². The number of fused-ring (bicyclic) bond motifs is 1. The normalized spacial score (nSPS) is 15.1.